The standard InChI is InChI=1S/C17H28N2O5/c1-3-6-12(16(21)22)18-10(2)15(20)19-13-8-5-4-7-11(13)9-14(19)17(23)24/h10-14,18H,3-9H2,1-2H3,(H,21,22)(H,23,24)/t10?,11?,12-,13?,14?/m0/s1. The quantitative estimate of drug-likeness (QED) is 0.648. The lowest BCUT2D eigenvalue weighted by Crippen LogP contribution is -2.55. The van der Waals surface area contributed by atoms with Gasteiger partial charge in [-0.05, 0) is 38.5 Å². The summed E-state index contributed by atoms with van der Waals surface area (Å²) in [6.45, 7) is 3.51. The van der Waals surface area contributed by atoms with Gasteiger partial charge in [0.1, 0.15) is 12.1 Å². The summed E-state index contributed by atoms with van der Waals surface area (Å²) in [6, 6.07) is -2.31. The van der Waals surface area contributed by atoms with Gasteiger partial charge in [0.05, 0.1) is 6.04 Å². The second kappa shape index (κ2) is 7.96. The molecule has 3 N–H and O–H groups in total. The van der Waals surface area contributed by atoms with Gasteiger partial charge in [-0.3, -0.25) is 14.9 Å². The summed E-state index contributed by atoms with van der Waals surface area (Å²) in [5.74, 6) is -1.99. The van der Waals surface area contributed by atoms with E-state index in [-0.39, 0.29) is 17.9 Å². The molecule has 7 heteroatoms. The molecule has 1 amide bonds. The van der Waals surface area contributed by atoms with E-state index >= 15 is 0 Å². The highest BCUT2D eigenvalue weighted by Gasteiger charge is 2.48. The van der Waals surface area contributed by atoms with Gasteiger partial charge in [-0.25, -0.2) is 4.79 Å². The van der Waals surface area contributed by atoms with Crippen molar-refractivity contribution in [2.45, 2.75) is 83.0 Å². The molecule has 1 aliphatic heterocycles. The first-order valence-corrected chi connectivity index (χ1v) is 8.90. The number of aliphatic carboxylic acids is 2. The van der Waals surface area contributed by atoms with Gasteiger partial charge in [0.15, 0.2) is 0 Å². The molecule has 5 atom stereocenters. The first-order chi connectivity index (χ1) is 11.4. The second-order valence-electron chi connectivity index (χ2n) is 7.01. The van der Waals surface area contributed by atoms with Crippen molar-refractivity contribution < 1.29 is 24.6 Å². The highest BCUT2D eigenvalue weighted by atomic mass is 16.4. The Morgan fingerprint density at radius 1 is 1.21 bits per heavy atom. The number of carbonyl (C=O) groups excluding carboxylic acids is 1. The molecule has 136 valence electrons. The Hall–Kier alpha value is -1.63. The molecule has 0 aromatic carbocycles. The molecule has 24 heavy (non-hydrogen) atoms. The Bertz CT molecular complexity index is 495. The minimum Gasteiger partial charge on any atom is -0.480 e. The van der Waals surface area contributed by atoms with Crippen molar-refractivity contribution in [2.75, 3.05) is 0 Å². The van der Waals surface area contributed by atoms with Crippen molar-refractivity contribution in [3.05, 3.63) is 0 Å². The molecular formula is C17H28N2O5. The van der Waals surface area contributed by atoms with Gasteiger partial charge in [0, 0.05) is 6.04 Å². The van der Waals surface area contributed by atoms with E-state index in [0.717, 1.165) is 25.7 Å². The van der Waals surface area contributed by atoms with Gasteiger partial charge in [-0.15, -0.1) is 0 Å². The molecule has 0 bridgehead atoms. The number of carboxylic acid groups (broad SMARTS) is 2. The fourth-order valence-electron chi connectivity index (χ4n) is 4.16. The summed E-state index contributed by atoms with van der Waals surface area (Å²) in [4.78, 5) is 37.3. The van der Waals surface area contributed by atoms with Crippen molar-refractivity contribution in [3.8, 4) is 0 Å². The van der Waals surface area contributed by atoms with Gasteiger partial charge < -0.3 is 15.1 Å². The van der Waals surface area contributed by atoms with Gasteiger partial charge in [0.2, 0.25) is 5.91 Å². The van der Waals surface area contributed by atoms with Crippen LogP contribution < -0.4 is 5.32 Å². The fourth-order valence-corrected chi connectivity index (χ4v) is 4.16. The topological polar surface area (TPSA) is 107 Å². The first-order valence-electron chi connectivity index (χ1n) is 8.90. The molecule has 0 radical (unpaired) electrons. The van der Waals surface area contributed by atoms with Crippen molar-refractivity contribution in [1.82, 2.24) is 10.2 Å². The number of hydrogen-bond donors (Lipinski definition) is 3. The lowest BCUT2D eigenvalue weighted by molar-refractivity contribution is -0.151. The van der Waals surface area contributed by atoms with Gasteiger partial charge >= 0.3 is 11.9 Å². The number of hydrogen-bond acceptors (Lipinski definition) is 4. The number of nitrogens with zero attached hydrogens (tertiary/aromatic N) is 1. The van der Waals surface area contributed by atoms with Crippen LogP contribution in [0.1, 0.15) is 58.8 Å². The molecule has 1 saturated heterocycles. The van der Waals surface area contributed by atoms with E-state index in [0.29, 0.717) is 19.3 Å². The third kappa shape index (κ3) is 3.88. The van der Waals surface area contributed by atoms with E-state index in [2.05, 4.69) is 5.32 Å². The Morgan fingerprint density at radius 3 is 2.46 bits per heavy atom. The highest BCUT2D eigenvalue weighted by Crippen LogP contribution is 2.40. The fraction of sp³-hybridized carbons (Fsp3) is 0.824. The minimum atomic E-state index is -0.983. The Balaban J connectivity index is 2.12. The summed E-state index contributed by atoms with van der Waals surface area (Å²) >= 11 is 0. The summed E-state index contributed by atoms with van der Waals surface area (Å²) < 4.78 is 0. The van der Waals surface area contributed by atoms with E-state index in [9.17, 15) is 24.6 Å². The second-order valence-corrected chi connectivity index (χ2v) is 7.01. The molecule has 2 fully saturated rings. The summed E-state index contributed by atoms with van der Waals surface area (Å²) in [6.07, 6.45) is 5.53. The molecule has 4 unspecified atom stereocenters. The zero-order chi connectivity index (χ0) is 17.9. The minimum absolute atomic E-state index is 0.0222. The van der Waals surface area contributed by atoms with E-state index < -0.39 is 30.1 Å². The summed E-state index contributed by atoms with van der Waals surface area (Å²) in [5.41, 5.74) is 0. The van der Waals surface area contributed by atoms with Crippen LogP contribution in [0.4, 0.5) is 0 Å². The molecule has 2 rings (SSSR count). The van der Waals surface area contributed by atoms with Gasteiger partial charge in [-0.2, -0.15) is 0 Å². The van der Waals surface area contributed by atoms with E-state index in [4.69, 9.17) is 0 Å². The summed E-state index contributed by atoms with van der Waals surface area (Å²) in [7, 11) is 0. The lowest BCUT2D eigenvalue weighted by Gasteiger charge is -2.35. The highest BCUT2D eigenvalue weighted by molar-refractivity contribution is 5.88. The molecule has 1 saturated carbocycles. The van der Waals surface area contributed by atoms with Crippen molar-refractivity contribution >= 4 is 17.8 Å². The molecule has 0 aromatic rings. The average Bonchev–Trinajstić information content (AvgIpc) is 2.93. The molecule has 0 aromatic heterocycles. The van der Waals surface area contributed by atoms with Gasteiger partial charge in [-0.1, -0.05) is 26.2 Å². The van der Waals surface area contributed by atoms with Crippen molar-refractivity contribution in [1.29, 1.82) is 0 Å². The molecular weight excluding hydrogens is 312 g/mol. The number of carboxylic acids is 2. The third-order valence-corrected chi connectivity index (χ3v) is 5.32. The normalized spacial score (nSPS) is 28.9. The molecule has 2 aliphatic rings. The van der Waals surface area contributed by atoms with E-state index in [1.54, 1.807) is 6.92 Å². The van der Waals surface area contributed by atoms with Crippen LogP contribution >= 0.6 is 0 Å². The van der Waals surface area contributed by atoms with Crippen molar-refractivity contribution in [3.63, 3.8) is 0 Å². The predicted molar refractivity (Wildman–Crippen MR) is 87.6 cm³/mol. The predicted octanol–water partition coefficient (Wildman–Crippen LogP) is 1.46. The van der Waals surface area contributed by atoms with Crippen LogP contribution in [0.2, 0.25) is 0 Å². The molecule has 7 nitrogen and oxygen atoms in total. The summed E-state index contributed by atoms with van der Waals surface area (Å²) in [5, 5.41) is 21.6. The van der Waals surface area contributed by atoms with Crippen LogP contribution in [-0.4, -0.2) is 57.1 Å². The lowest BCUT2D eigenvalue weighted by atomic mass is 9.84. The SMILES string of the molecule is CCC[C@H](NC(C)C(=O)N1C(C(=O)O)CC2CCCCC21)C(=O)O. The van der Waals surface area contributed by atoms with Crippen LogP contribution in [0.5, 0.6) is 0 Å². The van der Waals surface area contributed by atoms with Crippen LogP contribution in [0.15, 0.2) is 0 Å². The molecule has 1 aliphatic carbocycles. The number of amides is 1. The van der Waals surface area contributed by atoms with Gasteiger partial charge in [0.25, 0.3) is 0 Å². The third-order valence-electron chi connectivity index (χ3n) is 5.32. The Morgan fingerprint density at radius 2 is 1.88 bits per heavy atom. The van der Waals surface area contributed by atoms with Crippen LogP contribution in [0.3, 0.4) is 0 Å². The Labute approximate surface area is 142 Å². The maximum atomic E-state index is 12.9. The number of nitrogens with one attached hydrogen (secondary N) is 1. The monoisotopic (exact) mass is 340 g/mol. The number of rotatable bonds is 7. The van der Waals surface area contributed by atoms with Crippen molar-refractivity contribution in [2.24, 2.45) is 5.92 Å². The van der Waals surface area contributed by atoms with Crippen LogP contribution in [0.25, 0.3) is 0 Å². The maximum absolute atomic E-state index is 12.9. The van der Waals surface area contributed by atoms with Crippen LogP contribution in [0, 0.1) is 5.92 Å². The molecule has 0 spiro atoms. The first kappa shape index (κ1) is 18.7. The number of carbonyl (C=O) groups is 3. The number of likely N-dealkylation sites (tertiary alicyclic amines) is 1. The zero-order valence-electron chi connectivity index (χ0n) is 14.4. The van der Waals surface area contributed by atoms with E-state index in [1.807, 2.05) is 6.92 Å². The Kier molecular flexibility index (Phi) is 6.21. The molecule has 1 heterocycles. The van der Waals surface area contributed by atoms with Crippen LogP contribution in [-0.2, 0) is 14.4 Å². The average molecular weight is 340 g/mol. The smallest absolute Gasteiger partial charge is 0.326 e. The zero-order valence-corrected chi connectivity index (χ0v) is 14.4. The largest absolute Gasteiger partial charge is 0.480 e. The number of fused-ring (bicyclic) bond motifs is 1. The maximum Gasteiger partial charge on any atom is 0.326 e. The van der Waals surface area contributed by atoms with E-state index in [1.165, 1.54) is 4.90 Å².